The summed E-state index contributed by atoms with van der Waals surface area (Å²) >= 11 is 5.94. The highest BCUT2D eigenvalue weighted by Crippen LogP contribution is 2.45. The third kappa shape index (κ3) is 4.33. The van der Waals surface area contributed by atoms with Crippen LogP contribution in [0.5, 0.6) is 0 Å². The lowest BCUT2D eigenvalue weighted by Crippen LogP contribution is -2.26. The van der Waals surface area contributed by atoms with Gasteiger partial charge in [0.05, 0.1) is 0 Å². The monoisotopic (exact) mass is 251 g/mol. The molecule has 0 saturated heterocycles. The van der Waals surface area contributed by atoms with Gasteiger partial charge in [-0.15, -0.1) is 11.6 Å². The zero-order valence-electron chi connectivity index (χ0n) is 10.4. The van der Waals surface area contributed by atoms with Crippen LogP contribution in [0.2, 0.25) is 0 Å². The molecule has 1 nitrogen and oxygen atoms in total. The van der Waals surface area contributed by atoms with Gasteiger partial charge in [-0.2, -0.15) is 0 Å². The molecule has 0 aromatic heterocycles. The highest BCUT2D eigenvalue weighted by Gasteiger charge is 2.40. The van der Waals surface area contributed by atoms with Gasteiger partial charge in [-0.3, -0.25) is 0 Å². The van der Waals surface area contributed by atoms with Crippen molar-refractivity contribution in [2.45, 2.75) is 32.1 Å². The normalized spacial score (nSPS) is 17.0. The number of hydrogen-bond acceptors (Lipinski definition) is 1. The first-order valence-electron chi connectivity index (χ1n) is 6.65. The molecule has 0 bridgehead atoms. The van der Waals surface area contributed by atoms with Crippen LogP contribution in [0, 0.1) is 5.41 Å². The van der Waals surface area contributed by atoms with E-state index in [1.54, 1.807) is 0 Å². The molecule has 0 amide bonds. The lowest BCUT2D eigenvalue weighted by atomic mass is 10.1. The Morgan fingerprint density at radius 1 is 1.12 bits per heavy atom. The predicted octanol–water partition coefficient (Wildman–Crippen LogP) is 3.62. The maximum absolute atomic E-state index is 5.94. The van der Waals surface area contributed by atoms with E-state index in [4.69, 9.17) is 11.6 Å². The second kappa shape index (κ2) is 6.42. The van der Waals surface area contributed by atoms with E-state index in [1.807, 2.05) is 0 Å². The van der Waals surface area contributed by atoms with Crippen molar-refractivity contribution in [2.24, 2.45) is 5.41 Å². The Bertz CT molecular complexity index is 319. The fourth-order valence-electron chi connectivity index (χ4n) is 2.11. The van der Waals surface area contributed by atoms with Crippen LogP contribution >= 0.6 is 11.6 Å². The van der Waals surface area contributed by atoms with Crippen molar-refractivity contribution in [3.63, 3.8) is 0 Å². The molecule has 0 spiro atoms. The third-order valence-electron chi connectivity index (χ3n) is 3.65. The maximum Gasteiger partial charge on any atom is 0.0292 e. The number of rotatable bonds is 8. The highest BCUT2D eigenvalue weighted by atomic mass is 35.5. The summed E-state index contributed by atoms with van der Waals surface area (Å²) in [5, 5.41) is 3.54. The minimum absolute atomic E-state index is 0.459. The van der Waals surface area contributed by atoms with E-state index >= 15 is 0 Å². The van der Waals surface area contributed by atoms with E-state index in [0.717, 1.165) is 19.0 Å². The minimum Gasteiger partial charge on any atom is -0.316 e. The molecule has 1 N–H and O–H groups in total. The molecule has 0 heterocycles. The van der Waals surface area contributed by atoms with Crippen LogP contribution in [0.3, 0.4) is 0 Å². The van der Waals surface area contributed by atoms with E-state index in [2.05, 4.69) is 35.6 Å². The van der Waals surface area contributed by atoms with Crippen LogP contribution in [0.15, 0.2) is 30.3 Å². The standard InChI is InChI=1S/C15H22ClN/c16-12-15(9-10-15)13-17-11-5-4-8-14-6-2-1-3-7-14/h1-3,6-7,17H,4-5,8-13H2. The van der Waals surface area contributed by atoms with Gasteiger partial charge in [0.1, 0.15) is 0 Å². The first kappa shape index (κ1) is 12.9. The number of halogens is 1. The third-order valence-corrected chi connectivity index (χ3v) is 4.22. The summed E-state index contributed by atoms with van der Waals surface area (Å²) in [6.07, 6.45) is 6.35. The summed E-state index contributed by atoms with van der Waals surface area (Å²) in [6.45, 7) is 2.24. The SMILES string of the molecule is ClCC1(CNCCCCc2ccccc2)CC1. The fraction of sp³-hybridized carbons (Fsp3) is 0.600. The number of nitrogens with one attached hydrogen (secondary N) is 1. The van der Waals surface area contributed by atoms with Gasteiger partial charge in [-0.05, 0) is 49.6 Å². The van der Waals surface area contributed by atoms with Gasteiger partial charge >= 0.3 is 0 Å². The van der Waals surface area contributed by atoms with Crippen molar-refractivity contribution in [2.75, 3.05) is 19.0 Å². The largest absolute Gasteiger partial charge is 0.316 e. The summed E-state index contributed by atoms with van der Waals surface area (Å²) < 4.78 is 0. The van der Waals surface area contributed by atoms with Crippen molar-refractivity contribution in [1.29, 1.82) is 0 Å². The van der Waals surface area contributed by atoms with E-state index in [9.17, 15) is 0 Å². The highest BCUT2D eigenvalue weighted by molar-refractivity contribution is 6.18. The lowest BCUT2D eigenvalue weighted by molar-refractivity contribution is 0.495. The Labute approximate surface area is 110 Å². The number of unbranched alkanes of at least 4 members (excludes halogenated alkanes) is 1. The topological polar surface area (TPSA) is 12.0 Å². The molecule has 2 rings (SSSR count). The molecule has 1 aliphatic carbocycles. The van der Waals surface area contributed by atoms with Crippen LogP contribution in [0.4, 0.5) is 0 Å². The van der Waals surface area contributed by atoms with Gasteiger partial charge in [-0.25, -0.2) is 0 Å². The van der Waals surface area contributed by atoms with Gasteiger partial charge in [-0.1, -0.05) is 30.3 Å². The van der Waals surface area contributed by atoms with Crippen LogP contribution in [-0.4, -0.2) is 19.0 Å². The molecule has 1 fully saturated rings. The van der Waals surface area contributed by atoms with Crippen molar-refractivity contribution >= 4 is 11.6 Å². The van der Waals surface area contributed by atoms with E-state index < -0.39 is 0 Å². The molecule has 0 aliphatic heterocycles. The summed E-state index contributed by atoms with van der Waals surface area (Å²) in [5.41, 5.74) is 1.91. The first-order valence-corrected chi connectivity index (χ1v) is 7.19. The average molecular weight is 252 g/mol. The number of alkyl halides is 1. The molecule has 17 heavy (non-hydrogen) atoms. The molecule has 1 aromatic rings. The summed E-state index contributed by atoms with van der Waals surface area (Å²) in [5.74, 6) is 0.823. The Kier molecular flexibility index (Phi) is 4.87. The molecule has 2 heteroatoms. The van der Waals surface area contributed by atoms with E-state index in [-0.39, 0.29) is 0 Å². The summed E-state index contributed by atoms with van der Waals surface area (Å²) in [7, 11) is 0. The zero-order chi connectivity index (χ0) is 12.0. The van der Waals surface area contributed by atoms with Gasteiger partial charge < -0.3 is 5.32 Å². The van der Waals surface area contributed by atoms with Gasteiger partial charge in [0.25, 0.3) is 0 Å². The average Bonchev–Trinajstić information content (AvgIpc) is 3.16. The zero-order valence-corrected chi connectivity index (χ0v) is 11.2. The van der Waals surface area contributed by atoms with E-state index in [1.165, 1.54) is 37.7 Å². The van der Waals surface area contributed by atoms with E-state index in [0.29, 0.717) is 5.41 Å². The molecule has 0 unspecified atom stereocenters. The molecule has 94 valence electrons. The fourth-order valence-corrected chi connectivity index (χ4v) is 2.47. The molecule has 0 atom stereocenters. The summed E-state index contributed by atoms with van der Waals surface area (Å²) in [6, 6.07) is 10.7. The van der Waals surface area contributed by atoms with Crippen molar-refractivity contribution in [1.82, 2.24) is 5.32 Å². The van der Waals surface area contributed by atoms with Crippen LogP contribution in [-0.2, 0) is 6.42 Å². The Morgan fingerprint density at radius 2 is 1.88 bits per heavy atom. The Balaban J connectivity index is 1.50. The molecule has 0 radical (unpaired) electrons. The number of aryl methyl sites for hydroxylation is 1. The lowest BCUT2D eigenvalue weighted by Gasteiger charge is -2.12. The maximum atomic E-state index is 5.94. The van der Waals surface area contributed by atoms with Crippen molar-refractivity contribution in [3.05, 3.63) is 35.9 Å². The molecular formula is C15H22ClN. The van der Waals surface area contributed by atoms with Crippen molar-refractivity contribution < 1.29 is 0 Å². The predicted molar refractivity (Wildman–Crippen MR) is 74.6 cm³/mol. The minimum atomic E-state index is 0.459. The second-order valence-corrected chi connectivity index (χ2v) is 5.52. The Hall–Kier alpha value is -0.530. The smallest absolute Gasteiger partial charge is 0.0292 e. The first-order chi connectivity index (χ1) is 8.35. The molecular weight excluding hydrogens is 230 g/mol. The number of benzene rings is 1. The van der Waals surface area contributed by atoms with Crippen molar-refractivity contribution in [3.8, 4) is 0 Å². The number of hydrogen-bond donors (Lipinski definition) is 1. The van der Waals surface area contributed by atoms with Gasteiger partial charge in [0.2, 0.25) is 0 Å². The molecule has 1 aliphatic rings. The van der Waals surface area contributed by atoms with Crippen LogP contribution < -0.4 is 5.32 Å². The van der Waals surface area contributed by atoms with Crippen LogP contribution in [0.1, 0.15) is 31.2 Å². The van der Waals surface area contributed by atoms with Crippen LogP contribution in [0.25, 0.3) is 0 Å². The van der Waals surface area contributed by atoms with Gasteiger partial charge in [0, 0.05) is 12.4 Å². The van der Waals surface area contributed by atoms with Gasteiger partial charge in [0.15, 0.2) is 0 Å². The quantitative estimate of drug-likeness (QED) is 0.550. The Morgan fingerprint density at radius 3 is 2.53 bits per heavy atom. The molecule has 1 aromatic carbocycles. The summed E-state index contributed by atoms with van der Waals surface area (Å²) in [4.78, 5) is 0. The second-order valence-electron chi connectivity index (χ2n) is 5.25. The molecule has 1 saturated carbocycles.